The van der Waals surface area contributed by atoms with Crippen molar-refractivity contribution in [3.8, 4) is 0 Å². The fourth-order valence-corrected chi connectivity index (χ4v) is 1.58. The van der Waals surface area contributed by atoms with E-state index in [9.17, 15) is 24.0 Å². The lowest BCUT2D eigenvalue weighted by Crippen LogP contribution is -2.46. The fourth-order valence-electron chi connectivity index (χ4n) is 1.58. The second-order valence-electron chi connectivity index (χ2n) is 3.29. The van der Waals surface area contributed by atoms with Gasteiger partial charge >= 0.3 is 0 Å². The number of carbonyl (C=O) groups excluding carboxylic acids is 5. The van der Waals surface area contributed by atoms with Gasteiger partial charge in [-0.15, -0.1) is 0 Å². The van der Waals surface area contributed by atoms with Crippen LogP contribution < -0.4 is 0 Å². The summed E-state index contributed by atoms with van der Waals surface area (Å²) in [7, 11) is 0. The summed E-state index contributed by atoms with van der Waals surface area (Å²) in [4.78, 5) is 53.0. The molecule has 0 aliphatic rings. The largest absolute Gasteiger partial charge is 0.235 e. The number of nitrogens with zero attached hydrogens (tertiary/aromatic N) is 1. The number of allylic oxidation sites excluding steroid dienone is 2. The fraction of sp³-hybridized carbons (Fsp3) is 0.231. The van der Waals surface area contributed by atoms with E-state index in [1.807, 2.05) is 0 Å². The minimum absolute atomic E-state index is 0.101. The maximum absolute atomic E-state index is 10.9. The summed E-state index contributed by atoms with van der Waals surface area (Å²) in [6.07, 6.45) is 2.59. The van der Waals surface area contributed by atoms with Crippen molar-refractivity contribution in [3.05, 3.63) is 29.6 Å². The third kappa shape index (κ3) is 3.58. The van der Waals surface area contributed by atoms with E-state index < -0.39 is 4.48 Å². The van der Waals surface area contributed by atoms with E-state index in [0.717, 1.165) is 18.2 Å². The first-order valence-corrected chi connectivity index (χ1v) is 5.16. The van der Waals surface area contributed by atoms with E-state index in [-0.39, 0.29) is 24.5 Å². The lowest BCUT2D eigenvalue weighted by atomic mass is 10.2. The number of hydrogen-bond donors (Lipinski definition) is 0. The number of hydrogen-bond acceptors (Lipinski definition) is 5. The molecular weight excluding hydrogens is 250 g/mol. The van der Waals surface area contributed by atoms with E-state index in [2.05, 4.69) is 0 Å². The smallest absolute Gasteiger partial charge is 0.234 e. The van der Waals surface area contributed by atoms with Gasteiger partial charge in [-0.2, -0.15) is 0 Å². The summed E-state index contributed by atoms with van der Waals surface area (Å²) in [5.41, 5.74) is -0.511. The lowest BCUT2D eigenvalue weighted by Gasteiger charge is -2.32. The molecule has 0 aliphatic heterocycles. The summed E-state index contributed by atoms with van der Waals surface area (Å²) < 4.78 is -0.563. The highest BCUT2D eigenvalue weighted by Gasteiger charge is 2.36. The van der Waals surface area contributed by atoms with Crippen molar-refractivity contribution in [1.29, 1.82) is 0 Å². The Morgan fingerprint density at radius 3 is 1.63 bits per heavy atom. The van der Waals surface area contributed by atoms with Crippen LogP contribution in [0.25, 0.3) is 0 Å². The van der Waals surface area contributed by atoms with Crippen LogP contribution in [0.2, 0.25) is 0 Å². The van der Waals surface area contributed by atoms with E-state index in [0.29, 0.717) is 0 Å². The molecule has 0 spiro atoms. The zero-order valence-electron chi connectivity index (χ0n) is 10.1. The van der Waals surface area contributed by atoms with Crippen molar-refractivity contribution in [3.63, 3.8) is 0 Å². The third-order valence-electron chi connectivity index (χ3n) is 2.55. The molecular formula is C13H10NO5+. The lowest BCUT2D eigenvalue weighted by molar-refractivity contribution is -0.837. The normalized spacial score (nSPS) is 11.2. The Hall–Kier alpha value is -2.79. The first kappa shape index (κ1) is 16.2. The van der Waals surface area contributed by atoms with Crippen LogP contribution in [0, 0.1) is 0 Å². The molecule has 6 heteroatoms. The van der Waals surface area contributed by atoms with Gasteiger partial charge < -0.3 is 0 Å². The van der Waals surface area contributed by atoms with E-state index in [1.165, 1.54) is 29.7 Å². The second kappa shape index (κ2) is 8.32. The van der Waals surface area contributed by atoms with Crippen LogP contribution in [0.3, 0.4) is 0 Å². The molecule has 0 aromatic rings. The molecule has 96 valence electrons. The van der Waals surface area contributed by atoms with E-state index in [4.69, 9.17) is 0 Å². The number of rotatable bonds is 7. The molecule has 0 atom stereocenters. The molecule has 0 aromatic heterocycles. The predicted molar refractivity (Wildman–Crippen MR) is 64.9 cm³/mol. The maximum atomic E-state index is 10.9. The van der Waals surface area contributed by atoms with Gasteiger partial charge in [0.25, 0.3) is 0 Å². The van der Waals surface area contributed by atoms with Crippen molar-refractivity contribution < 1.29 is 28.5 Å². The van der Waals surface area contributed by atoms with E-state index in [1.54, 1.807) is 6.92 Å². The summed E-state index contributed by atoms with van der Waals surface area (Å²) in [6, 6.07) is 0. The topological polar surface area (TPSA) is 85.3 Å². The van der Waals surface area contributed by atoms with Gasteiger partial charge in [0.05, 0.1) is 24.8 Å². The monoisotopic (exact) mass is 260 g/mol. The Morgan fingerprint density at radius 2 is 1.37 bits per heavy atom. The van der Waals surface area contributed by atoms with Crippen LogP contribution in [-0.2, 0) is 24.0 Å². The molecule has 0 rings (SSSR count). The first-order valence-electron chi connectivity index (χ1n) is 5.16. The molecule has 6 nitrogen and oxygen atoms in total. The van der Waals surface area contributed by atoms with Crippen LogP contribution in [0.5, 0.6) is 0 Å². The Balaban J connectivity index is 6.32. The Morgan fingerprint density at radius 1 is 0.895 bits per heavy atom. The molecule has 0 unspecified atom stereocenters. The van der Waals surface area contributed by atoms with Crippen molar-refractivity contribution in [2.24, 2.45) is 0 Å². The highest BCUT2D eigenvalue weighted by Crippen LogP contribution is 2.23. The van der Waals surface area contributed by atoms with Gasteiger partial charge in [0.2, 0.25) is 11.4 Å². The maximum Gasteiger partial charge on any atom is 0.234 e. The predicted octanol–water partition coefficient (Wildman–Crippen LogP) is -0.583. The average molecular weight is 260 g/mol. The molecule has 0 aliphatic carbocycles. The van der Waals surface area contributed by atoms with Gasteiger partial charge in [0, 0.05) is 0 Å². The van der Waals surface area contributed by atoms with Crippen LogP contribution in [-0.4, -0.2) is 47.3 Å². The first-order chi connectivity index (χ1) is 9.16. The number of quaternary nitrogens is 1. The van der Waals surface area contributed by atoms with Gasteiger partial charge in [-0.3, -0.25) is 0 Å². The third-order valence-corrected chi connectivity index (χ3v) is 2.55. The molecule has 0 aromatic carbocycles. The zero-order valence-corrected chi connectivity index (χ0v) is 10.1. The zero-order chi connectivity index (χ0) is 14.7. The minimum Gasteiger partial charge on any atom is -0.235 e. The summed E-state index contributed by atoms with van der Waals surface area (Å²) in [6.45, 7) is 1.53. The molecule has 0 radical (unpaired) electrons. The van der Waals surface area contributed by atoms with Crippen molar-refractivity contribution in [2.45, 2.75) is 6.92 Å². The van der Waals surface area contributed by atoms with Gasteiger partial charge in [0.15, 0.2) is 11.9 Å². The summed E-state index contributed by atoms with van der Waals surface area (Å²) in [5, 5.41) is 0. The van der Waals surface area contributed by atoms with Crippen LogP contribution >= 0.6 is 0 Å². The van der Waals surface area contributed by atoms with Gasteiger partial charge in [-0.25, -0.2) is 28.5 Å². The SMILES string of the molecule is CC[N+](CC=C=O)(C(=C=O)C=C=O)C(=C=O)C=C=O. The molecule has 19 heavy (non-hydrogen) atoms. The van der Waals surface area contributed by atoms with Crippen molar-refractivity contribution in [1.82, 2.24) is 0 Å². The van der Waals surface area contributed by atoms with E-state index >= 15 is 0 Å². The minimum atomic E-state index is -0.563. The Kier molecular flexibility index (Phi) is 7.10. The summed E-state index contributed by atoms with van der Waals surface area (Å²) >= 11 is 0. The van der Waals surface area contributed by atoms with Crippen LogP contribution in [0.15, 0.2) is 29.6 Å². The second-order valence-corrected chi connectivity index (χ2v) is 3.29. The molecule has 0 heterocycles. The highest BCUT2D eigenvalue weighted by molar-refractivity contribution is 5.67. The van der Waals surface area contributed by atoms with Crippen LogP contribution in [0.1, 0.15) is 6.92 Å². The molecule has 0 fully saturated rings. The van der Waals surface area contributed by atoms with Gasteiger partial charge in [-0.1, -0.05) is 0 Å². The van der Waals surface area contributed by atoms with Crippen molar-refractivity contribution in [2.75, 3.05) is 13.1 Å². The standard InChI is InChI=1S/C13H10NO5/c1-2-14(6-3-7-15,12(10-18)4-8-16)13(11-19)5-9-17/h3-5H,2,6H2,1H3/q+1. The highest BCUT2D eigenvalue weighted by atomic mass is 16.1. The van der Waals surface area contributed by atoms with Gasteiger partial charge in [-0.05, 0) is 6.92 Å². The van der Waals surface area contributed by atoms with Gasteiger partial charge in [0.1, 0.15) is 24.4 Å². The van der Waals surface area contributed by atoms with Crippen molar-refractivity contribution >= 4 is 29.7 Å². The molecule has 0 saturated carbocycles. The Bertz CT molecular complexity index is 547. The molecule has 0 saturated heterocycles. The number of likely N-dealkylation sites (N-methyl/N-ethyl adjacent to an activating group) is 1. The summed E-state index contributed by atoms with van der Waals surface area (Å²) in [5.74, 6) is 7.29. The average Bonchev–Trinajstić information content (AvgIpc) is 2.45. The molecule has 0 bridgehead atoms. The molecule has 0 amide bonds. The Labute approximate surface area is 108 Å². The molecule has 0 N–H and O–H groups in total. The van der Waals surface area contributed by atoms with Crippen LogP contribution in [0.4, 0.5) is 0 Å². The quantitative estimate of drug-likeness (QED) is 0.347.